The van der Waals surface area contributed by atoms with Crippen molar-refractivity contribution in [2.45, 2.75) is 37.7 Å². The summed E-state index contributed by atoms with van der Waals surface area (Å²) in [6, 6.07) is 15.8. The van der Waals surface area contributed by atoms with Gasteiger partial charge < -0.3 is 14.4 Å². The second kappa shape index (κ2) is 8.74. The second-order valence-electron chi connectivity index (χ2n) is 8.06. The maximum atomic E-state index is 12.9. The van der Waals surface area contributed by atoms with Crippen LogP contribution >= 0.6 is 11.3 Å². The van der Waals surface area contributed by atoms with Gasteiger partial charge in [0.05, 0.1) is 21.3 Å². The van der Waals surface area contributed by atoms with Crippen molar-refractivity contribution in [1.29, 1.82) is 0 Å². The van der Waals surface area contributed by atoms with Gasteiger partial charge in [-0.15, -0.1) is 11.3 Å². The number of amides is 1. The van der Waals surface area contributed by atoms with Gasteiger partial charge >= 0.3 is 0 Å². The molecule has 5 nitrogen and oxygen atoms in total. The smallest absolute Gasteiger partial charge is 0.253 e. The van der Waals surface area contributed by atoms with E-state index in [0.717, 1.165) is 62.2 Å². The Hall–Kier alpha value is -2.44. The number of likely N-dealkylation sites (tertiary alicyclic amines) is 1. The topological polar surface area (TPSA) is 51.7 Å². The van der Waals surface area contributed by atoms with E-state index in [4.69, 9.17) is 14.5 Å². The number of hydrogen-bond donors (Lipinski definition) is 0. The Morgan fingerprint density at radius 3 is 2.63 bits per heavy atom. The maximum absolute atomic E-state index is 12.9. The molecule has 2 aromatic carbocycles. The molecule has 2 fully saturated rings. The quantitative estimate of drug-likeness (QED) is 0.588. The van der Waals surface area contributed by atoms with Gasteiger partial charge in [0.1, 0.15) is 12.4 Å². The van der Waals surface area contributed by atoms with Crippen molar-refractivity contribution >= 4 is 27.5 Å². The highest BCUT2D eigenvalue weighted by Crippen LogP contribution is 2.34. The van der Waals surface area contributed by atoms with Gasteiger partial charge in [-0.05, 0) is 62.1 Å². The third kappa shape index (κ3) is 4.20. The van der Waals surface area contributed by atoms with E-state index in [9.17, 15) is 4.79 Å². The molecule has 1 aromatic heterocycles. The van der Waals surface area contributed by atoms with Crippen LogP contribution in [0.15, 0.2) is 48.5 Å². The largest absolute Gasteiger partial charge is 0.491 e. The van der Waals surface area contributed by atoms with Crippen molar-refractivity contribution < 1.29 is 14.3 Å². The molecule has 2 aliphatic heterocycles. The Morgan fingerprint density at radius 1 is 1.10 bits per heavy atom. The molecule has 0 radical (unpaired) electrons. The van der Waals surface area contributed by atoms with Crippen LogP contribution in [0.25, 0.3) is 10.2 Å². The monoisotopic (exact) mass is 422 g/mol. The fraction of sp³-hybridized carbons (Fsp3) is 0.417. The van der Waals surface area contributed by atoms with Crippen molar-refractivity contribution in [2.75, 3.05) is 26.3 Å². The molecule has 1 atom stereocenters. The number of benzene rings is 2. The van der Waals surface area contributed by atoms with Crippen LogP contribution in [0.4, 0.5) is 0 Å². The molecule has 0 aliphatic carbocycles. The number of para-hydroxylation sites is 1. The zero-order valence-corrected chi connectivity index (χ0v) is 17.8. The highest BCUT2D eigenvalue weighted by Gasteiger charge is 2.26. The average molecular weight is 423 g/mol. The first kappa shape index (κ1) is 19.5. The van der Waals surface area contributed by atoms with Gasteiger partial charge in [-0.3, -0.25) is 4.79 Å². The lowest BCUT2D eigenvalue weighted by molar-refractivity contribution is 0.0677. The van der Waals surface area contributed by atoms with Gasteiger partial charge in [-0.1, -0.05) is 12.1 Å². The van der Waals surface area contributed by atoms with Crippen molar-refractivity contribution in [3.05, 3.63) is 59.1 Å². The highest BCUT2D eigenvalue weighted by molar-refractivity contribution is 7.18. The van der Waals surface area contributed by atoms with Gasteiger partial charge in [0.25, 0.3) is 5.91 Å². The fourth-order valence-electron chi connectivity index (χ4n) is 4.24. The fourth-order valence-corrected chi connectivity index (χ4v) is 5.37. The predicted molar refractivity (Wildman–Crippen MR) is 118 cm³/mol. The maximum Gasteiger partial charge on any atom is 0.253 e. The van der Waals surface area contributed by atoms with Crippen molar-refractivity contribution in [3.8, 4) is 5.75 Å². The summed E-state index contributed by atoms with van der Waals surface area (Å²) in [6.07, 6.45) is 4.30. The molecule has 5 rings (SSSR count). The Kier molecular flexibility index (Phi) is 5.69. The minimum Gasteiger partial charge on any atom is -0.491 e. The van der Waals surface area contributed by atoms with Crippen LogP contribution in [0.3, 0.4) is 0 Å². The molecule has 156 valence electrons. The summed E-state index contributed by atoms with van der Waals surface area (Å²) in [5, 5.41) is 1.20. The molecule has 1 amide bonds. The summed E-state index contributed by atoms with van der Waals surface area (Å²) >= 11 is 1.79. The summed E-state index contributed by atoms with van der Waals surface area (Å²) in [7, 11) is 0. The number of aromatic nitrogens is 1. The molecule has 3 heterocycles. The summed E-state index contributed by atoms with van der Waals surface area (Å²) < 4.78 is 12.6. The van der Waals surface area contributed by atoms with E-state index in [0.29, 0.717) is 12.5 Å². The lowest BCUT2D eigenvalue weighted by Gasteiger charge is -2.31. The highest BCUT2D eigenvalue weighted by atomic mass is 32.1. The number of nitrogens with zero attached hydrogens (tertiary/aromatic N) is 2. The molecule has 0 N–H and O–H groups in total. The molecule has 3 aromatic rings. The standard InChI is InChI=1S/C24H26N2O3S/c27-24(18-7-9-19(10-8-18)29-16-20-4-3-15-28-20)26-13-11-17(12-14-26)23-25-21-5-1-2-6-22(21)30-23/h1-2,5-10,17,20H,3-4,11-16H2/t20-/m0/s1. The Balaban J connectivity index is 1.16. The first-order valence-electron chi connectivity index (χ1n) is 10.8. The van der Waals surface area contributed by atoms with Crippen LogP contribution in [0.5, 0.6) is 5.75 Å². The first-order chi connectivity index (χ1) is 14.8. The number of ether oxygens (including phenoxy) is 2. The van der Waals surface area contributed by atoms with Crippen molar-refractivity contribution in [3.63, 3.8) is 0 Å². The minimum atomic E-state index is 0.100. The third-order valence-corrected chi connectivity index (χ3v) is 7.20. The summed E-state index contributed by atoms with van der Waals surface area (Å²) in [5.41, 5.74) is 1.80. The molecule has 0 saturated carbocycles. The number of rotatable bonds is 5. The molecule has 0 spiro atoms. The van der Waals surface area contributed by atoms with Gasteiger partial charge in [-0.2, -0.15) is 0 Å². The minimum absolute atomic E-state index is 0.100. The van der Waals surface area contributed by atoms with Crippen LogP contribution < -0.4 is 4.74 Å². The Bertz CT molecular complexity index is 970. The van der Waals surface area contributed by atoms with E-state index in [1.54, 1.807) is 11.3 Å². The molecular formula is C24H26N2O3S. The van der Waals surface area contributed by atoms with E-state index in [1.165, 1.54) is 9.71 Å². The number of fused-ring (bicyclic) bond motifs is 1. The number of piperidine rings is 1. The molecular weight excluding hydrogens is 396 g/mol. The van der Waals surface area contributed by atoms with Crippen LogP contribution in [0, 0.1) is 0 Å². The predicted octanol–water partition coefficient (Wildman–Crippen LogP) is 4.87. The Morgan fingerprint density at radius 2 is 1.90 bits per heavy atom. The summed E-state index contributed by atoms with van der Waals surface area (Å²) in [6.45, 7) is 2.96. The first-order valence-corrected chi connectivity index (χ1v) is 11.6. The van der Waals surface area contributed by atoms with E-state index in [-0.39, 0.29) is 12.0 Å². The lowest BCUT2D eigenvalue weighted by atomic mass is 9.97. The van der Waals surface area contributed by atoms with Crippen LogP contribution in [0.2, 0.25) is 0 Å². The van der Waals surface area contributed by atoms with Crippen molar-refractivity contribution in [2.24, 2.45) is 0 Å². The average Bonchev–Trinajstić information content (AvgIpc) is 3.47. The molecule has 2 aliphatic rings. The van der Waals surface area contributed by atoms with E-state index < -0.39 is 0 Å². The molecule has 6 heteroatoms. The van der Waals surface area contributed by atoms with E-state index in [1.807, 2.05) is 35.2 Å². The molecule has 0 bridgehead atoms. The SMILES string of the molecule is O=C(c1ccc(OC[C@@H]2CCCO2)cc1)N1CCC(c2nc3ccccc3s2)CC1. The van der Waals surface area contributed by atoms with Crippen molar-refractivity contribution in [1.82, 2.24) is 9.88 Å². The second-order valence-corrected chi connectivity index (χ2v) is 9.12. The van der Waals surface area contributed by atoms with Gasteiger partial charge in [0.15, 0.2) is 0 Å². The normalized spacial score (nSPS) is 20.0. The van der Waals surface area contributed by atoms with E-state index in [2.05, 4.69) is 18.2 Å². The Labute approximate surface area is 180 Å². The third-order valence-electron chi connectivity index (χ3n) is 6.00. The zero-order chi connectivity index (χ0) is 20.3. The van der Waals surface area contributed by atoms with Crippen LogP contribution in [-0.2, 0) is 4.74 Å². The van der Waals surface area contributed by atoms with Crippen LogP contribution in [0.1, 0.15) is 47.0 Å². The van der Waals surface area contributed by atoms with Gasteiger partial charge in [0.2, 0.25) is 0 Å². The molecule has 0 unspecified atom stereocenters. The lowest BCUT2D eigenvalue weighted by Crippen LogP contribution is -2.37. The summed E-state index contributed by atoms with van der Waals surface area (Å²) in [4.78, 5) is 19.7. The number of carbonyl (C=O) groups is 1. The zero-order valence-electron chi connectivity index (χ0n) is 17.0. The number of carbonyl (C=O) groups excluding carboxylic acids is 1. The summed E-state index contributed by atoms with van der Waals surface area (Å²) in [5.74, 6) is 1.33. The van der Waals surface area contributed by atoms with Crippen LogP contribution in [-0.4, -0.2) is 48.2 Å². The van der Waals surface area contributed by atoms with Gasteiger partial charge in [0, 0.05) is 31.2 Å². The van der Waals surface area contributed by atoms with Gasteiger partial charge in [-0.25, -0.2) is 4.98 Å². The number of thiazole rings is 1. The molecule has 2 saturated heterocycles. The molecule has 30 heavy (non-hydrogen) atoms. The van der Waals surface area contributed by atoms with E-state index >= 15 is 0 Å². The number of hydrogen-bond acceptors (Lipinski definition) is 5.